The van der Waals surface area contributed by atoms with Gasteiger partial charge in [-0.1, -0.05) is 0 Å². The third-order valence-electron chi connectivity index (χ3n) is 10.0. The molecular formula is C32H37N7O3. The number of pyridine rings is 1. The maximum absolute atomic E-state index is 13.8. The molecule has 3 saturated carbocycles. The largest absolute Gasteiger partial charge is 0.494 e. The molecular weight excluding hydrogens is 530 g/mol. The number of carbonyl (C=O) groups is 2. The fourth-order valence-corrected chi connectivity index (χ4v) is 7.68. The van der Waals surface area contributed by atoms with Gasteiger partial charge in [-0.05, 0) is 80.7 Å². The third kappa shape index (κ3) is 4.02. The van der Waals surface area contributed by atoms with E-state index >= 15 is 0 Å². The van der Waals surface area contributed by atoms with Crippen LogP contribution in [0.3, 0.4) is 0 Å². The van der Waals surface area contributed by atoms with Crippen LogP contribution in [0.2, 0.25) is 0 Å². The van der Waals surface area contributed by atoms with Gasteiger partial charge in [-0.3, -0.25) is 9.59 Å². The molecule has 3 N–H and O–H groups in total. The van der Waals surface area contributed by atoms with E-state index in [1.54, 1.807) is 14.0 Å². The van der Waals surface area contributed by atoms with E-state index in [1.165, 1.54) is 12.8 Å². The van der Waals surface area contributed by atoms with Gasteiger partial charge in [0.25, 0.3) is 5.91 Å². The van der Waals surface area contributed by atoms with Crippen LogP contribution in [-0.2, 0) is 11.3 Å². The summed E-state index contributed by atoms with van der Waals surface area (Å²) in [5.74, 6) is 2.49. The molecule has 3 atom stereocenters. The van der Waals surface area contributed by atoms with Crippen LogP contribution in [0.1, 0.15) is 61.8 Å². The first kappa shape index (κ1) is 25.8. The van der Waals surface area contributed by atoms with Gasteiger partial charge in [-0.25, -0.2) is 9.97 Å². The fraction of sp³-hybridized carbons (Fsp3) is 0.500. The molecule has 42 heavy (non-hydrogen) atoms. The van der Waals surface area contributed by atoms with Crippen LogP contribution in [-0.4, -0.2) is 67.6 Å². The smallest absolute Gasteiger partial charge is 0.254 e. The van der Waals surface area contributed by atoms with E-state index in [9.17, 15) is 9.59 Å². The number of benzene rings is 1. The van der Waals surface area contributed by atoms with Gasteiger partial charge in [-0.15, -0.1) is 0 Å². The van der Waals surface area contributed by atoms with Gasteiger partial charge in [0.05, 0.1) is 18.3 Å². The number of aromatic nitrogens is 4. The van der Waals surface area contributed by atoms with E-state index in [0.717, 1.165) is 65.8 Å². The number of carbonyl (C=O) groups excluding carboxylic acids is 2. The highest BCUT2D eigenvalue weighted by Gasteiger charge is 2.47. The van der Waals surface area contributed by atoms with Crippen LogP contribution in [0.15, 0.2) is 36.5 Å². The number of piperidine rings is 1. The number of nitrogens with zero attached hydrogens (tertiary/aromatic N) is 5. The van der Waals surface area contributed by atoms with Crippen molar-refractivity contribution in [2.45, 2.75) is 76.2 Å². The van der Waals surface area contributed by atoms with Crippen LogP contribution in [0.4, 0.5) is 0 Å². The number of hydrogen-bond acceptors (Lipinski definition) is 6. The number of nitrogens with one attached hydrogen (secondary N) is 1. The molecule has 4 aromatic rings. The molecule has 3 aliphatic carbocycles. The Balaban J connectivity index is 1.27. The number of hydrogen-bond donors (Lipinski definition) is 2. The molecule has 2 amide bonds. The highest BCUT2D eigenvalue weighted by molar-refractivity contribution is 6.00. The Morgan fingerprint density at radius 2 is 1.98 bits per heavy atom. The minimum atomic E-state index is -0.0131. The van der Waals surface area contributed by atoms with E-state index in [0.29, 0.717) is 29.7 Å². The van der Waals surface area contributed by atoms with Gasteiger partial charge in [0.15, 0.2) is 5.82 Å². The molecule has 4 heterocycles. The second kappa shape index (κ2) is 9.55. The minimum absolute atomic E-state index is 0.00429. The zero-order chi connectivity index (χ0) is 28.7. The maximum Gasteiger partial charge on any atom is 0.254 e. The van der Waals surface area contributed by atoms with Crippen molar-refractivity contribution >= 4 is 33.9 Å². The summed E-state index contributed by atoms with van der Waals surface area (Å²) in [6.45, 7) is 3.18. The Labute approximate surface area is 244 Å². The monoisotopic (exact) mass is 567 g/mol. The van der Waals surface area contributed by atoms with Crippen LogP contribution < -0.4 is 15.8 Å². The zero-order valence-electron chi connectivity index (χ0n) is 24.1. The Bertz CT molecular complexity index is 1730. The standard InChI is InChI=1S/C32H37N7O3/c1-17(40)35-22-13-23(14-22)39-29-24(10-21(12-27(29)42-2)32(41)38-16-20-7-8-25(38)28(20)33)36-31(39)26-11-19-4-3-9-34-30(19)37(26)15-18-5-6-18/h3-4,9-12,18,20,22-23,25,28H,5-8,13-16,33H2,1-2H3,(H,35,40)/t20-,22?,23?,25-,28-/m1/s1. The summed E-state index contributed by atoms with van der Waals surface area (Å²) < 4.78 is 10.6. The first-order valence-corrected chi connectivity index (χ1v) is 15.3. The Hall–Kier alpha value is -3.92. The van der Waals surface area contributed by atoms with Crippen molar-refractivity contribution in [3.05, 3.63) is 42.1 Å². The highest BCUT2D eigenvalue weighted by Crippen LogP contribution is 2.44. The number of fused-ring (bicyclic) bond motifs is 4. The topological polar surface area (TPSA) is 120 Å². The van der Waals surface area contributed by atoms with Crippen molar-refractivity contribution in [2.75, 3.05) is 13.7 Å². The summed E-state index contributed by atoms with van der Waals surface area (Å²) in [6, 6.07) is 10.5. The van der Waals surface area contributed by atoms with E-state index in [1.807, 2.05) is 29.3 Å². The van der Waals surface area contributed by atoms with E-state index < -0.39 is 0 Å². The van der Waals surface area contributed by atoms with Crippen LogP contribution in [0, 0.1) is 11.8 Å². The maximum atomic E-state index is 13.8. The molecule has 1 aromatic carbocycles. The van der Waals surface area contributed by atoms with Gasteiger partial charge in [0.1, 0.15) is 16.9 Å². The molecule has 0 radical (unpaired) electrons. The van der Waals surface area contributed by atoms with Crippen LogP contribution in [0.25, 0.3) is 33.6 Å². The molecule has 0 spiro atoms. The fourth-order valence-electron chi connectivity index (χ4n) is 7.68. The minimum Gasteiger partial charge on any atom is -0.494 e. The third-order valence-corrected chi connectivity index (χ3v) is 10.0. The summed E-state index contributed by atoms with van der Waals surface area (Å²) in [6.07, 6.45) is 7.97. The van der Waals surface area contributed by atoms with E-state index in [2.05, 4.69) is 26.6 Å². The zero-order valence-corrected chi connectivity index (χ0v) is 24.1. The quantitative estimate of drug-likeness (QED) is 0.350. The van der Waals surface area contributed by atoms with Crippen molar-refractivity contribution in [3.63, 3.8) is 0 Å². The van der Waals surface area contributed by atoms with Crippen molar-refractivity contribution in [2.24, 2.45) is 17.6 Å². The second-order valence-corrected chi connectivity index (χ2v) is 12.8. The van der Waals surface area contributed by atoms with Crippen LogP contribution >= 0.6 is 0 Å². The summed E-state index contributed by atoms with van der Waals surface area (Å²) in [7, 11) is 1.66. The van der Waals surface area contributed by atoms with Crippen molar-refractivity contribution < 1.29 is 14.3 Å². The summed E-state index contributed by atoms with van der Waals surface area (Å²) in [5, 5.41) is 4.15. The normalized spacial score (nSPS) is 26.6. The molecule has 2 bridgehead atoms. The van der Waals surface area contributed by atoms with Gasteiger partial charge in [0, 0.05) is 61.3 Å². The number of likely N-dealkylation sites (tertiary alicyclic amines) is 1. The molecule has 218 valence electrons. The Morgan fingerprint density at radius 3 is 2.67 bits per heavy atom. The Kier molecular flexibility index (Phi) is 5.86. The van der Waals surface area contributed by atoms with Gasteiger partial charge < -0.3 is 29.8 Å². The van der Waals surface area contributed by atoms with Crippen LogP contribution in [0.5, 0.6) is 5.75 Å². The van der Waals surface area contributed by atoms with Gasteiger partial charge in [0.2, 0.25) is 5.91 Å². The summed E-state index contributed by atoms with van der Waals surface area (Å²) in [4.78, 5) is 37.6. The Morgan fingerprint density at radius 1 is 1.14 bits per heavy atom. The lowest BCUT2D eigenvalue weighted by atomic mass is 9.86. The summed E-state index contributed by atoms with van der Waals surface area (Å²) in [5.41, 5.74) is 10.6. The predicted molar refractivity (Wildman–Crippen MR) is 159 cm³/mol. The van der Waals surface area contributed by atoms with Crippen molar-refractivity contribution in [1.82, 2.24) is 29.3 Å². The first-order chi connectivity index (χ1) is 20.4. The average molecular weight is 568 g/mol. The van der Waals surface area contributed by atoms with Gasteiger partial charge in [-0.2, -0.15) is 0 Å². The molecule has 0 unspecified atom stereocenters. The molecule has 4 aliphatic rings. The lowest BCUT2D eigenvalue weighted by molar-refractivity contribution is -0.120. The average Bonchev–Trinajstić information content (AvgIpc) is 3.31. The van der Waals surface area contributed by atoms with Gasteiger partial charge >= 0.3 is 0 Å². The van der Waals surface area contributed by atoms with Crippen molar-refractivity contribution in [3.8, 4) is 17.3 Å². The molecule has 1 aliphatic heterocycles. The lowest BCUT2D eigenvalue weighted by Crippen LogP contribution is -2.44. The molecule has 1 saturated heterocycles. The number of ether oxygens (including phenoxy) is 1. The molecule has 4 fully saturated rings. The highest BCUT2D eigenvalue weighted by atomic mass is 16.5. The van der Waals surface area contributed by atoms with E-state index in [-0.39, 0.29) is 36.0 Å². The molecule has 10 heteroatoms. The number of rotatable bonds is 7. The lowest BCUT2D eigenvalue weighted by Gasteiger charge is -2.37. The number of methoxy groups -OCH3 is 1. The van der Waals surface area contributed by atoms with E-state index in [4.69, 9.17) is 20.4 Å². The van der Waals surface area contributed by atoms with Crippen molar-refractivity contribution in [1.29, 1.82) is 0 Å². The SMILES string of the molecule is COc1cc(C(=O)N2C[C@H]3CC[C@@H]2[C@@H]3N)cc2nc(-c3cc4cccnc4n3CC3CC3)n(C3CC(NC(C)=O)C3)c12. The molecule has 8 rings (SSSR count). The molecule has 3 aromatic heterocycles. The second-order valence-electron chi connectivity index (χ2n) is 12.8. The summed E-state index contributed by atoms with van der Waals surface area (Å²) >= 11 is 0. The number of amides is 2. The predicted octanol–water partition coefficient (Wildman–Crippen LogP) is 3.87. The first-order valence-electron chi connectivity index (χ1n) is 15.3. The molecule has 10 nitrogen and oxygen atoms in total. The number of nitrogens with two attached hydrogens (primary N) is 1. The number of imidazole rings is 1.